The summed E-state index contributed by atoms with van der Waals surface area (Å²) in [4.78, 5) is 4.81. The van der Waals surface area contributed by atoms with Crippen LogP contribution in [0.15, 0.2) is 22.7 Å². The molecule has 0 radical (unpaired) electrons. The zero-order valence-electron chi connectivity index (χ0n) is 12.1. The molecule has 0 spiro atoms. The predicted octanol–water partition coefficient (Wildman–Crippen LogP) is 3.00. The maximum Gasteiger partial charge on any atom is 0.0511 e. The van der Waals surface area contributed by atoms with Gasteiger partial charge in [0.25, 0.3) is 0 Å². The molecule has 0 bridgehead atoms. The first-order chi connectivity index (χ1) is 8.99. The van der Waals surface area contributed by atoms with E-state index in [0.29, 0.717) is 6.04 Å². The first-order valence-electron chi connectivity index (χ1n) is 6.95. The van der Waals surface area contributed by atoms with Crippen LogP contribution < -0.4 is 10.6 Å². The van der Waals surface area contributed by atoms with Gasteiger partial charge in [0.1, 0.15) is 0 Å². The van der Waals surface area contributed by atoms with E-state index in [1.807, 2.05) is 6.92 Å². The minimum absolute atomic E-state index is 0.0845. The molecule has 0 amide bonds. The first-order valence-corrected chi connectivity index (χ1v) is 7.74. The molecule has 0 saturated carbocycles. The van der Waals surface area contributed by atoms with Crippen molar-refractivity contribution >= 4 is 21.6 Å². The van der Waals surface area contributed by atoms with Gasteiger partial charge in [0.05, 0.1) is 5.69 Å². The van der Waals surface area contributed by atoms with Gasteiger partial charge in [0, 0.05) is 29.6 Å². The van der Waals surface area contributed by atoms with E-state index >= 15 is 0 Å². The molecule has 2 rings (SSSR count). The fourth-order valence-electron chi connectivity index (χ4n) is 2.66. The zero-order valence-corrected chi connectivity index (χ0v) is 13.7. The van der Waals surface area contributed by atoms with Gasteiger partial charge in [-0.05, 0) is 67.5 Å². The number of benzene rings is 1. The number of halogens is 1. The molecule has 0 aliphatic carbocycles. The molecule has 1 unspecified atom stereocenters. The van der Waals surface area contributed by atoms with Crippen LogP contribution >= 0.6 is 15.9 Å². The summed E-state index contributed by atoms with van der Waals surface area (Å²) in [5.74, 6) is 0. The minimum atomic E-state index is 0.0845. The number of hydrogen-bond donors (Lipinski definition) is 1. The van der Waals surface area contributed by atoms with Crippen LogP contribution in [0, 0.1) is 0 Å². The first kappa shape index (κ1) is 14.8. The number of nitrogens with two attached hydrogens (primary N) is 1. The van der Waals surface area contributed by atoms with Crippen LogP contribution in [0.5, 0.6) is 0 Å². The number of hydrogen-bond acceptors (Lipinski definition) is 3. The Morgan fingerprint density at radius 2 is 2.16 bits per heavy atom. The molecule has 4 heteroatoms. The van der Waals surface area contributed by atoms with Crippen LogP contribution in [0.4, 0.5) is 5.69 Å². The number of rotatable bonds is 3. The Hall–Kier alpha value is -0.580. The summed E-state index contributed by atoms with van der Waals surface area (Å²) in [6.45, 7) is 4.26. The fourth-order valence-corrected chi connectivity index (χ4v) is 3.31. The lowest BCUT2D eigenvalue weighted by atomic mass is 10.0. The highest BCUT2D eigenvalue weighted by Crippen LogP contribution is 2.31. The molecule has 1 aliphatic heterocycles. The largest absolute Gasteiger partial charge is 0.369 e. The predicted molar refractivity (Wildman–Crippen MR) is 85.7 cm³/mol. The SMILES string of the molecule is C[C@@H](N)c1ccc(N2CCCC(N(C)C)C2)c(Br)c1. The Morgan fingerprint density at radius 3 is 2.74 bits per heavy atom. The van der Waals surface area contributed by atoms with Gasteiger partial charge in [-0.1, -0.05) is 6.07 Å². The van der Waals surface area contributed by atoms with Gasteiger partial charge in [-0.15, -0.1) is 0 Å². The van der Waals surface area contributed by atoms with E-state index in [9.17, 15) is 0 Å². The molecule has 1 aromatic rings. The molecule has 2 atom stereocenters. The maximum absolute atomic E-state index is 5.93. The highest BCUT2D eigenvalue weighted by molar-refractivity contribution is 9.10. The standard InChI is InChI=1S/C15H24BrN3/c1-11(17)12-6-7-15(14(16)9-12)19-8-4-5-13(10-19)18(2)3/h6-7,9,11,13H,4-5,8,10,17H2,1-3H3/t11-,13?/m1/s1. The number of anilines is 1. The molecule has 1 aromatic carbocycles. The van der Waals surface area contributed by atoms with Gasteiger partial charge in [-0.25, -0.2) is 0 Å². The molecule has 1 fully saturated rings. The Bertz CT molecular complexity index is 431. The molecule has 19 heavy (non-hydrogen) atoms. The highest BCUT2D eigenvalue weighted by Gasteiger charge is 2.22. The van der Waals surface area contributed by atoms with Crippen molar-refractivity contribution in [2.75, 3.05) is 32.1 Å². The van der Waals surface area contributed by atoms with Gasteiger partial charge in [0.15, 0.2) is 0 Å². The molecule has 106 valence electrons. The smallest absolute Gasteiger partial charge is 0.0511 e. The minimum Gasteiger partial charge on any atom is -0.369 e. The number of likely N-dealkylation sites (N-methyl/N-ethyl adjacent to an activating group) is 1. The lowest BCUT2D eigenvalue weighted by Crippen LogP contribution is -2.45. The molecule has 3 nitrogen and oxygen atoms in total. The molecule has 0 aromatic heterocycles. The van der Waals surface area contributed by atoms with Crippen molar-refractivity contribution in [3.05, 3.63) is 28.2 Å². The molecule has 1 heterocycles. The fraction of sp³-hybridized carbons (Fsp3) is 0.600. The summed E-state index contributed by atoms with van der Waals surface area (Å²) in [6.07, 6.45) is 2.55. The van der Waals surface area contributed by atoms with Crippen molar-refractivity contribution in [1.82, 2.24) is 4.90 Å². The van der Waals surface area contributed by atoms with Crippen LogP contribution in [0.25, 0.3) is 0 Å². The van der Waals surface area contributed by atoms with E-state index < -0.39 is 0 Å². The average Bonchev–Trinajstić information content (AvgIpc) is 2.38. The third-order valence-corrected chi connectivity index (χ3v) is 4.60. The summed E-state index contributed by atoms with van der Waals surface area (Å²) in [5.41, 5.74) is 8.40. The van der Waals surface area contributed by atoms with E-state index in [-0.39, 0.29) is 6.04 Å². The van der Waals surface area contributed by atoms with Crippen LogP contribution in [-0.2, 0) is 0 Å². The summed E-state index contributed by atoms with van der Waals surface area (Å²) in [5, 5.41) is 0. The number of piperidine rings is 1. The lowest BCUT2D eigenvalue weighted by molar-refractivity contribution is 0.258. The van der Waals surface area contributed by atoms with Crippen molar-refractivity contribution in [2.45, 2.75) is 31.8 Å². The van der Waals surface area contributed by atoms with E-state index in [1.165, 1.54) is 24.1 Å². The van der Waals surface area contributed by atoms with Crippen molar-refractivity contribution in [1.29, 1.82) is 0 Å². The monoisotopic (exact) mass is 325 g/mol. The molecule has 2 N–H and O–H groups in total. The van der Waals surface area contributed by atoms with Gasteiger partial charge in [-0.2, -0.15) is 0 Å². The van der Waals surface area contributed by atoms with Crippen molar-refractivity contribution in [3.8, 4) is 0 Å². The normalized spacial score (nSPS) is 21.8. The Kier molecular flexibility index (Phi) is 4.87. The van der Waals surface area contributed by atoms with Crippen molar-refractivity contribution in [2.24, 2.45) is 5.73 Å². The van der Waals surface area contributed by atoms with Gasteiger partial charge < -0.3 is 15.5 Å². The van der Waals surface area contributed by atoms with Crippen LogP contribution in [-0.4, -0.2) is 38.1 Å². The maximum atomic E-state index is 5.93. The summed E-state index contributed by atoms with van der Waals surface area (Å²) in [7, 11) is 4.34. The summed E-state index contributed by atoms with van der Waals surface area (Å²) < 4.78 is 1.15. The molecule has 1 aliphatic rings. The van der Waals surface area contributed by atoms with Crippen LogP contribution in [0.1, 0.15) is 31.4 Å². The second-order valence-corrected chi connectivity index (χ2v) is 6.56. The quantitative estimate of drug-likeness (QED) is 0.927. The van der Waals surface area contributed by atoms with Gasteiger partial charge in [-0.3, -0.25) is 0 Å². The van der Waals surface area contributed by atoms with Crippen molar-refractivity contribution < 1.29 is 0 Å². The summed E-state index contributed by atoms with van der Waals surface area (Å²) in [6, 6.07) is 7.22. The number of nitrogens with zero attached hydrogens (tertiary/aromatic N) is 2. The Balaban J connectivity index is 2.17. The Labute approximate surface area is 124 Å². The highest BCUT2D eigenvalue weighted by atomic mass is 79.9. The lowest BCUT2D eigenvalue weighted by Gasteiger charge is -2.38. The zero-order chi connectivity index (χ0) is 14.0. The van der Waals surface area contributed by atoms with Gasteiger partial charge in [0.2, 0.25) is 0 Å². The molecule has 1 saturated heterocycles. The second kappa shape index (κ2) is 6.25. The van der Waals surface area contributed by atoms with E-state index in [1.54, 1.807) is 0 Å². The van der Waals surface area contributed by atoms with Crippen LogP contribution in [0.3, 0.4) is 0 Å². The van der Waals surface area contributed by atoms with Crippen LogP contribution in [0.2, 0.25) is 0 Å². The van der Waals surface area contributed by atoms with E-state index in [4.69, 9.17) is 5.73 Å². The summed E-state index contributed by atoms with van der Waals surface area (Å²) >= 11 is 3.70. The third kappa shape index (κ3) is 3.50. The Morgan fingerprint density at radius 1 is 1.42 bits per heavy atom. The average molecular weight is 326 g/mol. The van der Waals surface area contributed by atoms with E-state index in [2.05, 4.69) is 58.0 Å². The van der Waals surface area contributed by atoms with E-state index in [0.717, 1.165) is 17.6 Å². The third-order valence-electron chi connectivity index (χ3n) is 3.97. The topological polar surface area (TPSA) is 32.5 Å². The molecular weight excluding hydrogens is 302 g/mol. The van der Waals surface area contributed by atoms with Gasteiger partial charge >= 0.3 is 0 Å². The molecular formula is C15H24BrN3. The second-order valence-electron chi connectivity index (χ2n) is 5.71. The van der Waals surface area contributed by atoms with Crippen molar-refractivity contribution in [3.63, 3.8) is 0 Å².